The van der Waals surface area contributed by atoms with Crippen molar-refractivity contribution >= 4 is 12.3 Å². The van der Waals surface area contributed by atoms with Crippen molar-refractivity contribution in [3.05, 3.63) is 11.6 Å². The van der Waals surface area contributed by atoms with Gasteiger partial charge in [0.25, 0.3) is 0 Å². The lowest BCUT2D eigenvalue weighted by molar-refractivity contribution is 0.0214. The van der Waals surface area contributed by atoms with Crippen LogP contribution in [0.4, 0.5) is 4.79 Å². The van der Waals surface area contributed by atoms with E-state index in [2.05, 4.69) is 4.99 Å². The number of carbonyl (C=O) groups excluding carboxylic acids is 1. The zero-order chi connectivity index (χ0) is 11.5. The Labute approximate surface area is 90.6 Å². The first kappa shape index (κ1) is 11.8. The van der Waals surface area contributed by atoms with Gasteiger partial charge in [-0.3, -0.25) is 4.99 Å². The molecule has 0 aromatic carbocycles. The summed E-state index contributed by atoms with van der Waals surface area (Å²) < 4.78 is 5.22. The van der Waals surface area contributed by atoms with Gasteiger partial charge in [-0.05, 0) is 32.4 Å². The molecule has 0 radical (unpaired) electrons. The van der Waals surface area contributed by atoms with E-state index in [9.17, 15) is 4.79 Å². The molecule has 0 N–H and O–H groups in total. The molecule has 1 amide bonds. The van der Waals surface area contributed by atoms with Crippen LogP contribution in [0.15, 0.2) is 16.6 Å². The Morgan fingerprint density at radius 1 is 1.47 bits per heavy atom. The average molecular weight is 210 g/mol. The van der Waals surface area contributed by atoms with E-state index in [-0.39, 0.29) is 6.09 Å². The summed E-state index contributed by atoms with van der Waals surface area (Å²) in [6.45, 7) is 6.91. The fourth-order valence-electron chi connectivity index (χ4n) is 1.18. The molecular weight excluding hydrogens is 192 g/mol. The third-order valence-electron chi connectivity index (χ3n) is 1.90. The Balaban J connectivity index is 2.36. The van der Waals surface area contributed by atoms with E-state index in [0.717, 1.165) is 0 Å². The van der Waals surface area contributed by atoms with Crippen LogP contribution in [-0.4, -0.2) is 42.9 Å². The molecule has 4 heteroatoms. The summed E-state index contributed by atoms with van der Waals surface area (Å²) in [6.07, 6.45) is 3.43. The molecule has 1 aliphatic heterocycles. The summed E-state index contributed by atoms with van der Waals surface area (Å²) in [5.74, 6) is 0. The minimum atomic E-state index is -0.415. The molecule has 0 aromatic heterocycles. The van der Waals surface area contributed by atoms with E-state index in [1.165, 1.54) is 5.57 Å². The maximum Gasteiger partial charge on any atom is 0.410 e. The van der Waals surface area contributed by atoms with Crippen molar-refractivity contribution in [2.75, 3.05) is 20.1 Å². The summed E-state index contributed by atoms with van der Waals surface area (Å²) in [4.78, 5) is 17.0. The Hall–Kier alpha value is -1.32. The summed E-state index contributed by atoms with van der Waals surface area (Å²) in [5.41, 5.74) is 0.785. The van der Waals surface area contributed by atoms with Crippen molar-refractivity contribution in [2.24, 2.45) is 4.99 Å². The lowest BCUT2D eigenvalue weighted by atomic mass is 10.1. The minimum absolute atomic E-state index is 0.243. The van der Waals surface area contributed by atoms with Gasteiger partial charge >= 0.3 is 6.09 Å². The van der Waals surface area contributed by atoms with Crippen molar-refractivity contribution in [1.29, 1.82) is 0 Å². The van der Waals surface area contributed by atoms with Crippen LogP contribution in [0.1, 0.15) is 20.8 Å². The SMILES string of the molecule is C/N=C\C=C1CN(C(=O)OC(C)(C)C)C1. The first-order chi connectivity index (χ1) is 6.92. The average Bonchev–Trinajstić information content (AvgIpc) is 1.98. The molecule has 4 nitrogen and oxygen atoms in total. The van der Waals surface area contributed by atoms with Gasteiger partial charge in [0, 0.05) is 26.4 Å². The molecule has 1 aliphatic rings. The number of amides is 1. The van der Waals surface area contributed by atoms with Crippen molar-refractivity contribution < 1.29 is 9.53 Å². The molecule has 0 saturated carbocycles. The summed E-state index contributed by atoms with van der Waals surface area (Å²) >= 11 is 0. The van der Waals surface area contributed by atoms with Gasteiger partial charge in [0.15, 0.2) is 0 Å². The Morgan fingerprint density at radius 3 is 2.53 bits per heavy atom. The maximum atomic E-state index is 11.5. The largest absolute Gasteiger partial charge is 0.444 e. The smallest absolute Gasteiger partial charge is 0.410 e. The predicted molar refractivity (Wildman–Crippen MR) is 60.3 cm³/mol. The molecule has 0 unspecified atom stereocenters. The third-order valence-corrected chi connectivity index (χ3v) is 1.90. The van der Waals surface area contributed by atoms with E-state index in [0.29, 0.717) is 13.1 Å². The number of carbonyl (C=O) groups is 1. The molecule has 1 fully saturated rings. The monoisotopic (exact) mass is 210 g/mol. The molecule has 15 heavy (non-hydrogen) atoms. The van der Waals surface area contributed by atoms with Crippen molar-refractivity contribution in [3.8, 4) is 0 Å². The van der Waals surface area contributed by atoms with Crippen molar-refractivity contribution in [1.82, 2.24) is 4.90 Å². The second-order valence-electron chi connectivity index (χ2n) is 4.57. The van der Waals surface area contributed by atoms with Crippen LogP contribution in [0.5, 0.6) is 0 Å². The molecule has 0 spiro atoms. The molecule has 1 heterocycles. The fourth-order valence-corrected chi connectivity index (χ4v) is 1.18. The number of aliphatic imine (C=N–C) groups is 1. The van der Waals surface area contributed by atoms with Gasteiger partial charge in [0.05, 0.1) is 0 Å². The van der Waals surface area contributed by atoms with Crippen LogP contribution in [-0.2, 0) is 4.74 Å². The zero-order valence-corrected chi connectivity index (χ0v) is 9.78. The van der Waals surface area contributed by atoms with Crippen LogP contribution in [0.2, 0.25) is 0 Å². The molecule has 0 atom stereocenters. The number of hydrogen-bond donors (Lipinski definition) is 0. The topological polar surface area (TPSA) is 41.9 Å². The van der Waals surface area contributed by atoms with Gasteiger partial charge < -0.3 is 9.64 Å². The number of nitrogens with zero attached hydrogens (tertiary/aromatic N) is 2. The number of ether oxygens (including phenoxy) is 1. The standard InChI is InChI=1S/C11H18N2O2/c1-11(2,3)15-10(14)13-7-9(8-13)5-6-12-4/h5-6H,7-8H2,1-4H3/b12-6-. The Morgan fingerprint density at radius 2 is 2.07 bits per heavy atom. The van der Waals surface area contributed by atoms with Gasteiger partial charge in [0.1, 0.15) is 5.60 Å². The molecule has 84 valence electrons. The number of allylic oxidation sites excluding steroid dienone is 1. The highest BCUT2D eigenvalue weighted by molar-refractivity contribution is 5.75. The highest BCUT2D eigenvalue weighted by Crippen LogP contribution is 2.18. The van der Waals surface area contributed by atoms with Gasteiger partial charge in [-0.1, -0.05) is 0 Å². The van der Waals surface area contributed by atoms with E-state index in [1.807, 2.05) is 26.8 Å². The molecule has 0 aliphatic carbocycles. The Kier molecular flexibility index (Phi) is 3.50. The quantitative estimate of drug-likeness (QED) is 0.620. The fraction of sp³-hybridized carbons (Fsp3) is 0.636. The molecule has 1 rings (SSSR count). The molecule has 0 bridgehead atoms. The molecule has 0 aromatic rings. The van der Waals surface area contributed by atoms with E-state index >= 15 is 0 Å². The summed E-state index contributed by atoms with van der Waals surface area (Å²) in [6, 6.07) is 0. The number of hydrogen-bond acceptors (Lipinski definition) is 3. The van der Waals surface area contributed by atoms with E-state index < -0.39 is 5.60 Å². The predicted octanol–water partition coefficient (Wildman–Crippen LogP) is 1.86. The lowest BCUT2D eigenvalue weighted by Gasteiger charge is -2.35. The highest BCUT2D eigenvalue weighted by atomic mass is 16.6. The second-order valence-corrected chi connectivity index (χ2v) is 4.57. The number of rotatable bonds is 1. The van der Waals surface area contributed by atoms with E-state index in [4.69, 9.17) is 4.74 Å². The van der Waals surface area contributed by atoms with Gasteiger partial charge in [-0.25, -0.2) is 4.79 Å². The first-order valence-electron chi connectivity index (χ1n) is 5.00. The van der Waals surface area contributed by atoms with Crippen molar-refractivity contribution in [2.45, 2.75) is 26.4 Å². The maximum absolute atomic E-state index is 11.5. The van der Waals surface area contributed by atoms with Gasteiger partial charge in [-0.15, -0.1) is 0 Å². The lowest BCUT2D eigenvalue weighted by Crippen LogP contribution is -2.46. The summed E-state index contributed by atoms with van der Waals surface area (Å²) in [5, 5.41) is 0. The van der Waals surface area contributed by atoms with Gasteiger partial charge in [0.2, 0.25) is 0 Å². The normalized spacial score (nSPS) is 16.5. The first-order valence-corrected chi connectivity index (χ1v) is 5.00. The van der Waals surface area contributed by atoms with Crippen LogP contribution in [0.3, 0.4) is 0 Å². The second kappa shape index (κ2) is 4.47. The third kappa shape index (κ3) is 3.73. The van der Waals surface area contributed by atoms with Crippen LogP contribution in [0, 0.1) is 0 Å². The minimum Gasteiger partial charge on any atom is -0.444 e. The van der Waals surface area contributed by atoms with E-state index in [1.54, 1.807) is 18.2 Å². The van der Waals surface area contributed by atoms with Crippen LogP contribution >= 0.6 is 0 Å². The molecule has 1 saturated heterocycles. The van der Waals surface area contributed by atoms with Crippen molar-refractivity contribution in [3.63, 3.8) is 0 Å². The number of likely N-dealkylation sites (tertiary alicyclic amines) is 1. The summed E-state index contributed by atoms with van der Waals surface area (Å²) in [7, 11) is 1.72. The Bertz CT molecular complexity index is 292. The van der Waals surface area contributed by atoms with Crippen LogP contribution in [0.25, 0.3) is 0 Å². The van der Waals surface area contributed by atoms with Gasteiger partial charge in [-0.2, -0.15) is 0 Å². The van der Waals surface area contributed by atoms with Crippen LogP contribution < -0.4 is 0 Å². The highest BCUT2D eigenvalue weighted by Gasteiger charge is 2.28. The molecular formula is C11H18N2O2. The zero-order valence-electron chi connectivity index (χ0n) is 9.78.